The van der Waals surface area contributed by atoms with Gasteiger partial charge in [-0.25, -0.2) is 4.79 Å². The predicted molar refractivity (Wildman–Crippen MR) is 77.1 cm³/mol. The third-order valence-electron chi connectivity index (χ3n) is 3.84. The normalized spacial score (nSPS) is 17.6. The van der Waals surface area contributed by atoms with Gasteiger partial charge in [-0.1, -0.05) is 32.0 Å². The van der Waals surface area contributed by atoms with Crippen LogP contribution in [-0.2, 0) is 0 Å². The number of carboxylic acids is 1. The lowest BCUT2D eigenvalue weighted by Crippen LogP contribution is -2.25. The van der Waals surface area contributed by atoms with Crippen LogP contribution < -0.4 is 4.90 Å². The van der Waals surface area contributed by atoms with Crippen molar-refractivity contribution in [1.29, 1.82) is 0 Å². The molecule has 0 spiro atoms. The fourth-order valence-electron chi connectivity index (χ4n) is 2.81. The summed E-state index contributed by atoms with van der Waals surface area (Å²) in [7, 11) is 0. The summed E-state index contributed by atoms with van der Waals surface area (Å²) in [4.78, 5) is 13.6. The summed E-state index contributed by atoms with van der Waals surface area (Å²) < 4.78 is 0. The van der Waals surface area contributed by atoms with Crippen LogP contribution in [0.2, 0.25) is 0 Å². The van der Waals surface area contributed by atoms with Gasteiger partial charge in [0.25, 0.3) is 0 Å². The molecule has 0 aliphatic carbocycles. The molecule has 1 aliphatic heterocycles. The molecule has 20 heavy (non-hydrogen) atoms. The van der Waals surface area contributed by atoms with Crippen molar-refractivity contribution in [3.05, 3.63) is 30.0 Å². The van der Waals surface area contributed by atoms with Gasteiger partial charge in [0.15, 0.2) is 5.69 Å². The fourth-order valence-corrected chi connectivity index (χ4v) is 2.81. The SMILES string of the molecule is CC1(C)CCN(c2c(C(=O)O)nnc3ccccc23)C1. The van der Waals surface area contributed by atoms with Crippen molar-refractivity contribution in [2.45, 2.75) is 20.3 Å². The van der Waals surface area contributed by atoms with E-state index in [0.717, 1.165) is 30.4 Å². The molecule has 5 heteroatoms. The zero-order valence-corrected chi connectivity index (χ0v) is 11.6. The van der Waals surface area contributed by atoms with Crippen molar-refractivity contribution in [1.82, 2.24) is 10.2 Å². The van der Waals surface area contributed by atoms with Gasteiger partial charge in [0.05, 0.1) is 11.2 Å². The van der Waals surface area contributed by atoms with E-state index < -0.39 is 5.97 Å². The van der Waals surface area contributed by atoms with Gasteiger partial charge in [0.2, 0.25) is 0 Å². The molecule has 0 amide bonds. The lowest BCUT2D eigenvalue weighted by atomic mass is 9.93. The molecule has 1 saturated heterocycles. The zero-order valence-electron chi connectivity index (χ0n) is 11.6. The summed E-state index contributed by atoms with van der Waals surface area (Å²) in [5, 5.41) is 18.2. The smallest absolute Gasteiger partial charge is 0.358 e. The second-order valence-corrected chi connectivity index (χ2v) is 6.06. The molecule has 0 unspecified atom stereocenters. The molecule has 1 aromatic carbocycles. The van der Waals surface area contributed by atoms with Crippen molar-refractivity contribution in [2.24, 2.45) is 5.41 Å². The Bertz CT molecular complexity index is 682. The van der Waals surface area contributed by atoms with Crippen LogP contribution in [0.1, 0.15) is 30.8 Å². The molecule has 5 nitrogen and oxygen atoms in total. The number of nitrogens with zero attached hydrogens (tertiary/aromatic N) is 3. The molecule has 2 aromatic rings. The number of benzene rings is 1. The first-order valence-electron chi connectivity index (χ1n) is 6.72. The number of rotatable bonds is 2. The van der Waals surface area contributed by atoms with E-state index in [-0.39, 0.29) is 11.1 Å². The number of fused-ring (bicyclic) bond motifs is 1. The Labute approximate surface area is 117 Å². The van der Waals surface area contributed by atoms with E-state index in [1.54, 1.807) is 0 Å². The number of carboxylic acid groups (broad SMARTS) is 1. The third kappa shape index (κ3) is 2.09. The van der Waals surface area contributed by atoms with E-state index in [0.29, 0.717) is 5.69 Å². The molecular formula is C15H17N3O2. The maximum absolute atomic E-state index is 11.5. The minimum Gasteiger partial charge on any atom is -0.476 e. The molecule has 1 fully saturated rings. The highest BCUT2D eigenvalue weighted by Gasteiger charge is 2.33. The zero-order chi connectivity index (χ0) is 14.3. The quantitative estimate of drug-likeness (QED) is 0.909. The minimum atomic E-state index is -1.03. The highest BCUT2D eigenvalue weighted by molar-refractivity contribution is 6.02. The van der Waals surface area contributed by atoms with E-state index in [1.807, 2.05) is 24.3 Å². The Morgan fingerprint density at radius 2 is 2.05 bits per heavy atom. The minimum absolute atomic E-state index is 0.0430. The number of anilines is 1. The largest absolute Gasteiger partial charge is 0.476 e. The van der Waals surface area contributed by atoms with Gasteiger partial charge >= 0.3 is 5.97 Å². The number of carbonyl (C=O) groups is 1. The monoisotopic (exact) mass is 271 g/mol. The van der Waals surface area contributed by atoms with Crippen molar-refractivity contribution < 1.29 is 9.90 Å². The first-order valence-corrected chi connectivity index (χ1v) is 6.72. The van der Waals surface area contributed by atoms with Crippen LogP contribution in [0.15, 0.2) is 24.3 Å². The van der Waals surface area contributed by atoms with E-state index in [9.17, 15) is 9.90 Å². The van der Waals surface area contributed by atoms with Crippen LogP contribution in [0.4, 0.5) is 5.69 Å². The first-order chi connectivity index (χ1) is 9.48. The predicted octanol–water partition coefficient (Wildman–Crippen LogP) is 2.56. The molecule has 2 heterocycles. The standard InChI is InChI=1S/C15H17N3O2/c1-15(2)7-8-18(9-15)13-10-5-3-4-6-11(10)16-17-12(13)14(19)20/h3-6H,7-9H2,1-2H3,(H,19,20). The van der Waals surface area contributed by atoms with Gasteiger partial charge in [0.1, 0.15) is 0 Å². The van der Waals surface area contributed by atoms with Gasteiger partial charge in [0, 0.05) is 18.5 Å². The highest BCUT2D eigenvalue weighted by atomic mass is 16.4. The molecule has 1 aromatic heterocycles. The van der Waals surface area contributed by atoms with Gasteiger partial charge in [-0.05, 0) is 17.9 Å². The molecule has 0 atom stereocenters. The summed E-state index contributed by atoms with van der Waals surface area (Å²) in [5.41, 5.74) is 1.67. The second-order valence-electron chi connectivity index (χ2n) is 6.06. The summed E-state index contributed by atoms with van der Waals surface area (Å²) in [6.07, 6.45) is 1.04. The Balaban J connectivity index is 2.21. The van der Waals surface area contributed by atoms with E-state index in [2.05, 4.69) is 28.9 Å². The van der Waals surface area contributed by atoms with Crippen LogP contribution >= 0.6 is 0 Å². The molecule has 1 N–H and O–H groups in total. The molecule has 1 aliphatic rings. The molecule has 0 saturated carbocycles. The van der Waals surface area contributed by atoms with Crippen LogP contribution in [0.5, 0.6) is 0 Å². The molecule has 104 valence electrons. The van der Waals surface area contributed by atoms with Gasteiger partial charge in [-0.2, -0.15) is 0 Å². The Morgan fingerprint density at radius 1 is 1.30 bits per heavy atom. The topological polar surface area (TPSA) is 66.3 Å². The highest BCUT2D eigenvalue weighted by Crippen LogP contribution is 2.36. The van der Waals surface area contributed by atoms with Gasteiger partial charge < -0.3 is 10.0 Å². The number of hydrogen-bond acceptors (Lipinski definition) is 4. The average molecular weight is 271 g/mol. The second kappa shape index (κ2) is 4.44. The Morgan fingerprint density at radius 3 is 2.70 bits per heavy atom. The van der Waals surface area contributed by atoms with Crippen molar-refractivity contribution in [2.75, 3.05) is 18.0 Å². The van der Waals surface area contributed by atoms with Gasteiger partial charge in [-0.3, -0.25) is 0 Å². The van der Waals surface area contributed by atoms with E-state index in [4.69, 9.17) is 0 Å². The molecule has 0 radical (unpaired) electrons. The maximum atomic E-state index is 11.5. The van der Waals surface area contributed by atoms with E-state index in [1.165, 1.54) is 0 Å². The number of hydrogen-bond donors (Lipinski definition) is 1. The Kier molecular flexibility index (Phi) is 2.85. The van der Waals surface area contributed by atoms with Crippen molar-refractivity contribution >= 4 is 22.6 Å². The van der Waals surface area contributed by atoms with Crippen LogP contribution in [-0.4, -0.2) is 34.4 Å². The lowest BCUT2D eigenvalue weighted by Gasteiger charge is -2.23. The molecule has 0 bridgehead atoms. The van der Waals surface area contributed by atoms with Crippen LogP contribution in [0.25, 0.3) is 10.9 Å². The van der Waals surface area contributed by atoms with Crippen molar-refractivity contribution in [3.63, 3.8) is 0 Å². The number of aromatic carboxylic acids is 1. The van der Waals surface area contributed by atoms with Crippen LogP contribution in [0, 0.1) is 5.41 Å². The van der Waals surface area contributed by atoms with Gasteiger partial charge in [-0.15, -0.1) is 10.2 Å². The first kappa shape index (κ1) is 12.8. The number of aromatic nitrogens is 2. The van der Waals surface area contributed by atoms with E-state index >= 15 is 0 Å². The average Bonchev–Trinajstić information content (AvgIpc) is 2.77. The fraction of sp³-hybridized carbons (Fsp3) is 0.400. The third-order valence-corrected chi connectivity index (χ3v) is 3.84. The summed E-state index contributed by atoms with van der Waals surface area (Å²) >= 11 is 0. The Hall–Kier alpha value is -2.17. The lowest BCUT2D eigenvalue weighted by molar-refractivity contribution is 0.0690. The summed E-state index contributed by atoms with van der Waals surface area (Å²) in [6.45, 7) is 6.08. The molecule has 3 rings (SSSR count). The maximum Gasteiger partial charge on any atom is 0.358 e. The molecular weight excluding hydrogens is 254 g/mol. The van der Waals surface area contributed by atoms with Crippen LogP contribution in [0.3, 0.4) is 0 Å². The summed E-state index contributed by atoms with van der Waals surface area (Å²) in [6, 6.07) is 7.56. The van der Waals surface area contributed by atoms with Crippen molar-refractivity contribution in [3.8, 4) is 0 Å². The summed E-state index contributed by atoms with van der Waals surface area (Å²) in [5.74, 6) is -1.03.